The second-order valence-corrected chi connectivity index (χ2v) is 5.00. The zero-order valence-corrected chi connectivity index (χ0v) is 12.9. The van der Waals surface area contributed by atoms with Gasteiger partial charge < -0.3 is 10.1 Å². The van der Waals surface area contributed by atoms with E-state index in [4.69, 9.17) is 4.74 Å². The number of nitrogens with one attached hydrogen (secondary N) is 1. The lowest BCUT2D eigenvalue weighted by Crippen LogP contribution is -2.24. The van der Waals surface area contributed by atoms with Crippen LogP contribution in [-0.4, -0.2) is 25.0 Å². The minimum atomic E-state index is -0.300. The van der Waals surface area contributed by atoms with Crippen molar-refractivity contribution in [2.24, 2.45) is 0 Å². The third-order valence-electron chi connectivity index (χ3n) is 2.96. The molecule has 1 rings (SSSR count). The van der Waals surface area contributed by atoms with Gasteiger partial charge in [0, 0.05) is 12.6 Å². The summed E-state index contributed by atoms with van der Waals surface area (Å²) in [5.74, 6) is -0.0208. The van der Waals surface area contributed by atoms with Crippen molar-refractivity contribution in [3.63, 3.8) is 0 Å². The maximum Gasteiger partial charge on any atom is 0.307 e. The quantitative estimate of drug-likeness (QED) is 0.620. The summed E-state index contributed by atoms with van der Waals surface area (Å²) in [7, 11) is 0. The van der Waals surface area contributed by atoms with Gasteiger partial charge in [0.15, 0.2) is 0 Å². The van der Waals surface area contributed by atoms with Crippen molar-refractivity contribution >= 4 is 18.0 Å². The fraction of sp³-hybridized carbons (Fsp3) is 0.412. The Bertz CT molecular complexity index is 489. The van der Waals surface area contributed by atoms with Crippen molar-refractivity contribution in [3.05, 3.63) is 41.5 Å². The van der Waals surface area contributed by atoms with Gasteiger partial charge in [0.1, 0.15) is 0 Å². The summed E-state index contributed by atoms with van der Waals surface area (Å²) in [6.07, 6.45) is 3.41. The minimum Gasteiger partial charge on any atom is -0.466 e. The molecule has 0 heterocycles. The highest BCUT2D eigenvalue weighted by Gasteiger charge is 2.02. The van der Waals surface area contributed by atoms with E-state index in [1.165, 1.54) is 11.6 Å². The Hall–Kier alpha value is -2.10. The summed E-state index contributed by atoms with van der Waals surface area (Å²) < 4.78 is 4.78. The monoisotopic (exact) mass is 289 g/mol. The molecule has 1 N–H and O–H groups in total. The topological polar surface area (TPSA) is 55.4 Å². The second kappa shape index (κ2) is 8.95. The van der Waals surface area contributed by atoms with Crippen molar-refractivity contribution in [3.8, 4) is 0 Å². The van der Waals surface area contributed by atoms with Crippen LogP contribution in [0.2, 0.25) is 0 Å². The maximum atomic E-state index is 11.6. The van der Waals surface area contributed by atoms with Gasteiger partial charge in [-0.1, -0.05) is 38.1 Å². The summed E-state index contributed by atoms with van der Waals surface area (Å²) >= 11 is 0. The van der Waals surface area contributed by atoms with E-state index in [9.17, 15) is 9.59 Å². The van der Waals surface area contributed by atoms with Crippen molar-refractivity contribution < 1.29 is 14.3 Å². The third-order valence-corrected chi connectivity index (χ3v) is 2.96. The minimum absolute atomic E-state index is 0.191. The van der Waals surface area contributed by atoms with E-state index >= 15 is 0 Å². The smallest absolute Gasteiger partial charge is 0.307 e. The van der Waals surface area contributed by atoms with Gasteiger partial charge in [0.2, 0.25) is 5.91 Å². The summed E-state index contributed by atoms with van der Waals surface area (Å²) in [6, 6.07) is 8.08. The van der Waals surface area contributed by atoms with Gasteiger partial charge in [-0.15, -0.1) is 0 Å². The van der Waals surface area contributed by atoms with E-state index in [2.05, 4.69) is 31.3 Å². The van der Waals surface area contributed by atoms with Crippen LogP contribution in [0, 0.1) is 0 Å². The van der Waals surface area contributed by atoms with Gasteiger partial charge in [0.25, 0.3) is 0 Å². The van der Waals surface area contributed by atoms with Gasteiger partial charge in [-0.3, -0.25) is 9.59 Å². The van der Waals surface area contributed by atoms with E-state index in [0.717, 1.165) is 5.56 Å². The van der Waals surface area contributed by atoms with E-state index in [-0.39, 0.29) is 24.8 Å². The molecule has 4 heteroatoms. The first-order chi connectivity index (χ1) is 10.0. The number of hydrogen-bond donors (Lipinski definition) is 1. The molecule has 0 aliphatic carbocycles. The van der Waals surface area contributed by atoms with Gasteiger partial charge in [-0.25, -0.2) is 0 Å². The predicted molar refractivity (Wildman–Crippen MR) is 83.8 cm³/mol. The maximum absolute atomic E-state index is 11.6. The highest BCUT2D eigenvalue weighted by molar-refractivity contribution is 5.91. The number of ether oxygens (including phenoxy) is 1. The Morgan fingerprint density at radius 1 is 1.24 bits per heavy atom. The van der Waals surface area contributed by atoms with Crippen LogP contribution in [0.15, 0.2) is 30.3 Å². The number of hydrogen-bond acceptors (Lipinski definition) is 3. The van der Waals surface area contributed by atoms with Crippen LogP contribution in [0.3, 0.4) is 0 Å². The zero-order valence-electron chi connectivity index (χ0n) is 12.9. The SMILES string of the molecule is CCOC(=O)CCNC(=O)C=Cc1ccc(C(C)C)cc1. The lowest BCUT2D eigenvalue weighted by Gasteiger charge is -2.05. The molecule has 0 fully saturated rings. The van der Waals surface area contributed by atoms with Crippen LogP contribution in [-0.2, 0) is 14.3 Å². The molecule has 1 aromatic carbocycles. The molecule has 0 unspecified atom stereocenters. The standard InChI is InChI=1S/C17H23NO3/c1-4-21-17(20)11-12-18-16(19)10-7-14-5-8-15(9-6-14)13(2)3/h5-10,13H,4,11-12H2,1-3H3,(H,18,19). The molecule has 1 aromatic rings. The molecule has 0 saturated carbocycles. The Balaban J connectivity index is 2.38. The first kappa shape index (κ1) is 17.0. The number of rotatable bonds is 7. The molecule has 114 valence electrons. The Labute approximate surface area is 126 Å². The number of carbonyl (C=O) groups is 2. The molecule has 1 amide bonds. The molecule has 0 atom stereocenters. The van der Waals surface area contributed by atoms with E-state index in [0.29, 0.717) is 12.5 Å². The van der Waals surface area contributed by atoms with Crippen molar-refractivity contribution in [1.29, 1.82) is 0 Å². The molecule has 0 aliphatic rings. The Morgan fingerprint density at radius 2 is 1.90 bits per heavy atom. The van der Waals surface area contributed by atoms with Crippen LogP contribution in [0.4, 0.5) is 0 Å². The first-order valence-electron chi connectivity index (χ1n) is 7.24. The van der Waals surface area contributed by atoms with Crippen LogP contribution in [0.25, 0.3) is 6.08 Å². The average molecular weight is 289 g/mol. The fourth-order valence-electron chi connectivity index (χ4n) is 1.74. The molecule has 0 saturated heterocycles. The number of carbonyl (C=O) groups excluding carboxylic acids is 2. The van der Waals surface area contributed by atoms with Crippen LogP contribution < -0.4 is 5.32 Å². The number of amides is 1. The van der Waals surface area contributed by atoms with Crippen molar-refractivity contribution in [2.45, 2.75) is 33.1 Å². The number of benzene rings is 1. The molecule has 21 heavy (non-hydrogen) atoms. The zero-order chi connectivity index (χ0) is 15.7. The Kier molecular flexibility index (Phi) is 7.23. The lowest BCUT2D eigenvalue weighted by atomic mass is 10.0. The van der Waals surface area contributed by atoms with E-state index in [1.807, 2.05) is 12.1 Å². The van der Waals surface area contributed by atoms with E-state index in [1.54, 1.807) is 13.0 Å². The molecule has 0 aromatic heterocycles. The van der Waals surface area contributed by atoms with Gasteiger partial charge in [0.05, 0.1) is 13.0 Å². The number of esters is 1. The van der Waals surface area contributed by atoms with Gasteiger partial charge in [-0.05, 0) is 30.0 Å². The largest absolute Gasteiger partial charge is 0.466 e. The average Bonchev–Trinajstić information content (AvgIpc) is 2.46. The highest BCUT2D eigenvalue weighted by atomic mass is 16.5. The third kappa shape index (κ3) is 6.75. The van der Waals surface area contributed by atoms with Crippen LogP contribution >= 0.6 is 0 Å². The molecular formula is C17H23NO3. The van der Waals surface area contributed by atoms with Crippen LogP contribution in [0.5, 0.6) is 0 Å². The second-order valence-electron chi connectivity index (χ2n) is 5.00. The molecule has 0 spiro atoms. The summed E-state index contributed by atoms with van der Waals surface area (Å²) in [5, 5.41) is 2.65. The summed E-state index contributed by atoms with van der Waals surface area (Å²) in [6.45, 7) is 6.68. The van der Waals surface area contributed by atoms with Crippen LogP contribution in [0.1, 0.15) is 44.2 Å². The molecule has 0 bridgehead atoms. The predicted octanol–water partition coefficient (Wildman–Crippen LogP) is 2.89. The van der Waals surface area contributed by atoms with Crippen molar-refractivity contribution in [1.82, 2.24) is 5.32 Å². The fourth-order valence-corrected chi connectivity index (χ4v) is 1.74. The summed E-state index contributed by atoms with van der Waals surface area (Å²) in [4.78, 5) is 22.7. The molecular weight excluding hydrogens is 266 g/mol. The van der Waals surface area contributed by atoms with Gasteiger partial charge >= 0.3 is 5.97 Å². The first-order valence-corrected chi connectivity index (χ1v) is 7.24. The van der Waals surface area contributed by atoms with Crippen molar-refractivity contribution in [2.75, 3.05) is 13.2 Å². The lowest BCUT2D eigenvalue weighted by molar-refractivity contribution is -0.142. The summed E-state index contributed by atoms with van der Waals surface area (Å²) in [5.41, 5.74) is 2.24. The normalized spacial score (nSPS) is 10.9. The van der Waals surface area contributed by atoms with Gasteiger partial charge in [-0.2, -0.15) is 0 Å². The highest BCUT2D eigenvalue weighted by Crippen LogP contribution is 2.15. The Morgan fingerprint density at radius 3 is 2.48 bits per heavy atom. The van der Waals surface area contributed by atoms with E-state index < -0.39 is 0 Å². The molecule has 0 aliphatic heterocycles. The molecule has 0 radical (unpaired) electrons. The molecule has 4 nitrogen and oxygen atoms in total.